The third-order valence-electron chi connectivity index (χ3n) is 3.87. The Morgan fingerprint density at radius 1 is 1.15 bits per heavy atom. The van der Waals surface area contributed by atoms with Gasteiger partial charge in [-0.3, -0.25) is 19.6 Å². The van der Waals surface area contributed by atoms with Gasteiger partial charge in [0, 0.05) is 25.2 Å². The van der Waals surface area contributed by atoms with Crippen molar-refractivity contribution in [2.75, 3.05) is 29.3 Å². The normalized spacial score (nSPS) is 14.6. The van der Waals surface area contributed by atoms with Gasteiger partial charge in [0.1, 0.15) is 0 Å². The van der Waals surface area contributed by atoms with Crippen LogP contribution in [0.1, 0.15) is 0 Å². The molecule has 1 heterocycles. The number of anilines is 2. The molecule has 2 N–H and O–H groups in total. The molecule has 0 radical (unpaired) electrons. The Hall–Kier alpha value is -3.14. The quantitative estimate of drug-likeness (QED) is 0.600. The predicted molar refractivity (Wildman–Crippen MR) is 95.6 cm³/mol. The van der Waals surface area contributed by atoms with Gasteiger partial charge in [-0.15, -0.1) is 0 Å². The zero-order chi connectivity index (χ0) is 18.7. The molecule has 0 spiro atoms. The monoisotopic (exact) mass is 376 g/mol. The number of amides is 1. The van der Waals surface area contributed by atoms with Gasteiger partial charge in [0.05, 0.1) is 27.7 Å². The van der Waals surface area contributed by atoms with Gasteiger partial charge in [-0.05, 0) is 18.2 Å². The number of carbonyl (C=O) groups excluding carboxylic acids is 1. The fourth-order valence-electron chi connectivity index (χ4n) is 2.65. The molecule has 2 aromatic carbocycles. The molecule has 10 heteroatoms. The van der Waals surface area contributed by atoms with E-state index in [9.17, 15) is 23.3 Å². The zero-order valence-electron chi connectivity index (χ0n) is 13.6. The number of nitro benzene ring substituents is 1. The molecule has 1 saturated heterocycles. The van der Waals surface area contributed by atoms with Crippen LogP contribution in [-0.4, -0.2) is 38.9 Å². The van der Waals surface area contributed by atoms with Crippen LogP contribution in [-0.2, 0) is 14.8 Å². The number of nitrogens with zero attached hydrogens (tertiary/aromatic N) is 2. The second-order valence-corrected chi connectivity index (χ2v) is 7.33. The van der Waals surface area contributed by atoms with Crippen molar-refractivity contribution >= 4 is 33.0 Å². The van der Waals surface area contributed by atoms with Crippen molar-refractivity contribution in [1.82, 2.24) is 5.32 Å². The van der Waals surface area contributed by atoms with E-state index in [0.717, 1.165) is 6.07 Å². The minimum Gasteiger partial charge on any atom is -0.359 e. The van der Waals surface area contributed by atoms with E-state index < -0.39 is 14.9 Å². The summed E-state index contributed by atoms with van der Waals surface area (Å²) in [7, 11) is -4.03. The van der Waals surface area contributed by atoms with E-state index in [2.05, 4.69) is 10.0 Å². The Bertz CT molecular complexity index is 961. The summed E-state index contributed by atoms with van der Waals surface area (Å²) < 4.78 is 27.7. The first-order chi connectivity index (χ1) is 12.4. The van der Waals surface area contributed by atoms with Crippen molar-refractivity contribution in [3.63, 3.8) is 0 Å². The number of sulfonamides is 1. The average molecular weight is 376 g/mol. The molecule has 0 aliphatic carbocycles. The first-order valence-corrected chi connectivity index (χ1v) is 9.23. The SMILES string of the molecule is O=C1CN(c2ccccc2NS(=O)(=O)c2cccc([N+](=O)[O-])c2)CCN1. The van der Waals surface area contributed by atoms with E-state index in [4.69, 9.17) is 0 Å². The van der Waals surface area contributed by atoms with Gasteiger partial charge < -0.3 is 10.2 Å². The number of rotatable bonds is 5. The Morgan fingerprint density at radius 2 is 1.92 bits per heavy atom. The first-order valence-electron chi connectivity index (χ1n) is 7.75. The van der Waals surface area contributed by atoms with Gasteiger partial charge in [0.25, 0.3) is 15.7 Å². The molecular weight excluding hydrogens is 360 g/mol. The van der Waals surface area contributed by atoms with Crippen LogP contribution in [0.5, 0.6) is 0 Å². The molecule has 26 heavy (non-hydrogen) atoms. The maximum atomic E-state index is 12.6. The standard InChI is InChI=1S/C16H16N4O5S/c21-16-11-19(9-8-17-16)15-7-2-1-6-14(15)18-26(24,25)13-5-3-4-12(10-13)20(22)23/h1-7,10,18H,8-9,11H2,(H,17,21). The summed E-state index contributed by atoms with van der Waals surface area (Å²) in [4.78, 5) is 23.4. The second kappa shape index (κ2) is 7.00. The van der Waals surface area contributed by atoms with Gasteiger partial charge in [0.2, 0.25) is 5.91 Å². The van der Waals surface area contributed by atoms with Gasteiger partial charge in [0.15, 0.2) is 0 Å². The third kappa shape index (κ3) is 3.75. The lowest BCUT2D eigenvalue weighted by Gasteiger charge is -2.30. The lowest BCUT2D eigenvalue weighted by molar-refractivity contribution is -0.385. The zero-order valence-corrected chi connectivity index (χ0v) is 14.4. The van der Waals surface area contributed by atoms with Crippen molar-refractivity contribution in [3.05, 3.63) is 58.6 Å². The van der Waals surface area contributed by atoms with E-state index in [1.54, 1.807) is 29.2 Å². The summed E-state index contributed by atoms with van der Waals surface area (Å²) >= 11 is 0. The molecule has 0 unspecified atom stereocenters. The number of carbonyl (C=O) groups is 1. The van der Waals surface area contributed by atoms with Crippen LogP contribution < -0.4 is 14.9 Å². The maximum absolute atomic E-state index is 12.6. The smallest absolute Gasteiger partial charge is 0.270 e. The molecule has 9 nitrogen and oxygen atoms in total. The van der Waals surface area contributed by atoms with Crippen LogP contribution in [0.25, 0.3) is 0 Å². The Kier molecular flexibility index (Phi) is 4.76. The van der Waals surface area contributed by atoms with Crippen molar-refractivity contribution < 1.29 is 18.1 Å². The fourth-order valence-corrected chi connectivity index (χ4v) is 3.76. The fraction of sp³-hybridized carbons (Fsp3) is 0.188. The van der Waals surface area contributed by atoms with Crippen LogP contribution in [0.4, 0.5) is 17.1 Å². The Balaban J connectivity index is 1.92. The number of benzene rings is 2. The van der Waals surface area contributed by atoms with Crippen molar-refractivity contribution in [3.8, 4) is 0 Å². The number of nitrogens with one attached hydrogen (secondary N) is 2. The third-order valence-corrected chi connectivity index (χ3v) is 5.23. The van der Waals surface area contributed by atoms with E-state index in [-0.39, 0.29) is 23.0 Å². The highest BCUT2D eigenvalue weighted by atomic mass is 32.2. The van der Waals surface area contributed by atoms with Crippen LogP contribution in [0.2, 0.25) is 0 Å². The molecule has 1 aliphatic rings. The topological polar surface area (TPSA) is 122 Å². The largest absolute Gasteiger partial charge is 0.359 e. The summed E-state index contributed by atoms with van der Waals surface area (Å²) in [5.41, 5.74) is 0.555. The summed E-state index contributed by atoms with van der Waals surface area (Å²) in [6, 6.07) is 11.5. The molecule has 1 fully saturated rings. The molecule has 2 aromatic rings. The summed E-state index contributed by atoms with van der Waals surface area (Å²) in [6.07, 6.45) is 0. The van der Waals surface area contributed by atoms with Crippen LogP contribution in [0, 0.1) is 10.1 Å². The first kappa shape index (κ1) is 17.7. The molecular formula is C16H16N4O5S. The molecule has 0 saturated carbocycles. The number of nitro groups is 1. The van der Waals surface area contributed by atoms with Gasteiger partial charge in [-0.25, -0.2) is 8.42 Å². The molecule has 3 rings (SSSR count). The van der Waals surface area contributed by atoms with Gasteiger partial charge in [-0.2, -0.15) is 0 Å². The van der Waals surface area contributed by atoms with Gasteiger partial charge >= 0.3 is 0 Å². The Morgan fingerprint density at radius 3 is 2.65 bits per heavy atom. The number of non-ortho nitro benzene ring substituents is 1. The van der Waals surface area contributed by atoms with Crippen LogP contribution in [0.3, 0.4) is 0 Å². The lowest BCUT2D eigenvalue weighted by atomic mass is 10.2. The average Bonchev–Trinajstić information content (AvgIpc) is 2.62. The molecule has 0 aromatic heterocycles. The predicted octanol–water partition coefficient (Wildman–Crippen LogP) is 1.33. The minimum atomic E-state index is -4.03. The van der Waals surface area contributed by atoms with E-state index >= 15 is 0 Å². The van der Waals surface area contributed by atoms with Crippen molar-refractivity contribution in [2.45, 2.75) is 4.90 Å². The highest BCUT2D eigenvalue weighted by Gasteiger charge is 2.22. The summed E-state index contributed by atoms with van der Waals surface area (Å²) in [5, 5.41) is 13.6. The number of para-hydroxylation sites is 2. The van der Waals surface area contributed by atoms with Gasteiger partial charge in [-0.1, -0.05) is 18.2 Å². The minimum absolute atomic E-state index is 0.121. The number of piperazine rings is 1. The molecule has 136 valence electrons. The van der Waals surface area contributed by atoms with E-state index in [0.29, 0.717) is 24.5 Å². The number of hydrogen-bond donors (Lipinski definition) is 2. The van der Waals surface area contributed by atoms with Crippen molar-refractivity contribution in [2.24, 2.45) is 0 Å². The maximum Gasteiger partial charge on any atom is 0.270 e. The molecule has 0 bridgehead atoms. The lowest BCUT2D eigenvalue weighted by Crippen LogP contribution is -2.47. The summed E-state index contributed by atoms with van der Waals surface area (Å²) in [6.45, 7) is 1.13. The highest BCUT2D eigenvalue weighted by molar-refractivity contribution is 7.92. The highest BCUT2D eigenvalue weighted by Crippen LogP contribution is 2.29. The van der Waals surface area contributed by atoms with Crippen LogP contribution in [0.15, 0.2) is 53.4 Å². The Labute approximate surface area is 149 Å². The van der Waals surface area contributed by atoms with Crippen molar-refractivity contribution in [1.29, 1.82) is 0 Å². The molecule has 1 aliphatic heterocycles. The summed E-state index contributed by atoms with van der Waals surface area (Å²) in [5.74, 6) is -0.146. The molecule has 1 amide bonds. The van der Waals surface area contributed by atoms with E-state index in [1.165, 1.54) is 18.2 Å². The van der Waals surface area contributed by atoms with Crippen LogP contribution >= 0.6 is 0 Å². The van der Waals surface area contributed by atoms with E-state index in [1.807, 2.05) is 0 Å². The second-order valence-electron chi connectivity index (χ2n) is 5.65. The molecule has 0 atom stereocenters. The number of hydrogen-bond acceptors (Lipinski definition) is 6.